The topological polar surface area (TPSA) is 70.1 Å². The zero-order chi connectivity index (χ0) is 10.6. The molecule has 0 aromatic carbocycles. The van der Waals surface area contributed by atoms with Crippen LogP contribution in [0, 0.1) is 0 Å². The summed E-state index contributed by atoms with van der Waals surface area (Å²) in [5, 5.41) is 4.03. The summed E-state index contributed by atoms with van der Waals surface area (Å²) < 4.78 is 6.50. The van der Waals surface area contributed by atoms with Crippen LogP contribution in [0.3, 0.4) is 0 Å². The second-order valence-electron chi connectivity index (χ2n) is 2.80. The van der Waals surface area contributed by atoms with Crippen LogP contribution in [-0.2, 0) is 16.1 Å². The van der Waals surface area contributed by atoms with Crippen molar-refractivity contribution in [2.45, 2.75) is 26.4 Å². The standard InChI is InChI=1S/C9H15N3O2/c1-3-12-7(5-6-11-12)8(10)9(13)14-4-2/h5-6,8H,3-4,10H2,1-2H3. The molecule has 0 radical (unpaired) electrons. The third-order valence-corrected chi connectivity index (χ3v) is 1.91. The Balaban J connectivity index is 2.77. The first-order chi connectivity index (χ1) is 6.70. The van der Waals surface area contributed by atoms with E-state index < -0.39 is 12.0 Å². The van der Waals surface area contributed by atoms with Crippen molar-refractivity contribution >= 4 is 5.97 Å². The van der Waals surface area contributed by atoms with Crippen LogP contribution < -0.4 is 5.73 Å². The van der Waals surface area contributed by atoms with Crippen LogP contribution in [0.25, 0.3) is 0 Å². The largest absolute Gasteiger partial charge is 0.465 e. The molecule has 0 saturated heterocycles. The number of aromatic nitrogens is 2. The fraction of sp³-hybridized carbons (Fsp3) is 0.556. The van der Waals surface area contributed by atoms with Crippen LogP contribution in [0.15, 0.2) is 12.3 Å². The normalized spacial score (nSPS) is 12.5. The van der Waals surface area contributed by atoms with Gasteiger partial charge in [0.15, 0.2) is 0 Å². The van der Waals surface area contributed by atoms with Gasteiger partial charge in [-0.1, -0.05) is 0 Å². The highest BCUT2D eigenvalue weighted by Crippen LogP contribution is 2.10. The van der Waals surface area contributed by atoms with E-state index >= 15 is 0 Å². The van der Waals surface area contributed by atoms with Crippen molar-refractivity contribution in [1.29, 1.82) is 0 Å². The highest BCUT2D eigenvalue weighted by atomic mass is 16.5. The average molecular weight is 197 g/mol. The lowest BCUT2D eigenvalue weighted by Gasteiger charge is -2.11. The summed E-state index contributed by atoms with van der Waals surface area (Å²) in [4.78, 5) is 11.3. The molecule has 0 aliphatic rings. The molecule has 1 unspecified atom stereocenters. The van der Waals surface area contributed by atoms with E-state index in [0.29, 0.717) is 18.8 Å². The molecule has 0 saturated carbocycles. The van der Waals surface area contributed by atoms with E-state index in [1.807, 2.05) is 6.92 Å². The molecule has 5 heteroatoms. The summed E-state index contributed by atoms with van der Waals surface area (Å²) in [6.45, 7) is 4.72. The smallest absolute Gasteiger partial charge is 0.329 e. The molecule has 0 spiro atoms. The summed E-state index contributed by atoms with van der Waals surface area (Å²) in [5.74, 6) is -0.414. The molecule has 0 amide bonds. The summed E-state index contributed by atoms with van der Waals surface area (Å²) in [5.41, 5.74) is 6.40. The highest BCUT2D eigenvalue weighted by molar-refractivity contribution is 5.76. The number of esters is 1. The third kappa shape index (κ3) is 2.11. The molecule has 14 heavy (non-hydrogen) atoms. The number of rotatable bonds is 4. The Morgan fingerprint density at radius 1 is 1.71 bits per heavy atom. The minimum absolute atomic E-state index is 0.340. The maximum atomic E-state index is 11.3. The zero-order valence-electron chi connectivity index (χ0n) is 8.43. The molecule has 0 aliphatic heterocycles. The Morgan fingerprint density at radius 3 is 3.00 bits per heavy atom. The van der Waals surface area contributed by atoms with Crippen molar-refractivity contribution in [2.75, 3.05) is 6.61 Å². The predicted octanol–water partition coefficient (Wildman–Crippen LogP) is 0.466. The number of aryl methyl sites for hydroxylation is 1. The predicted molar refractivity (Wildman–Crippen MR) is 51.5 cm³/mol. The minimum Gasteiger partial charge on any atom is -0.465 e. The van der Waals surface area contributed by atoms with Gasteiger partial charge in [0, 0.05) is 12.7 Å². The van der Waals surface area contributed by atoms with Crippen molar-refractivity contribution < 1.29 is 9.53 Å². The van der Waals surface area contributed by atoms with E-state index in [1.165, 1.54) is 0 Å². The average Bonchev–Trinajstić information content (AvgIpc) is 2.64. The molecule has 1 heterocycles. The molecule has 0 bridgehead atoms. The lowest BCUT2D eigenvalue weighted by atomic mass is 10.2. The molecule has 2 N–H and O–H groups in total. The number of nitrogens with two attached hydrogens (primary N) is 1. The van der Waals surface area contributed by atoms with Gasteiger partial charge in [-0.3, -0.25) is 4.68 Å². The van der Waals surface area contributed by atoms with Crippen molar-refractivity contribution in [2.24, 2.45) is 5.73 Å². The lowest BCUT2D eigenvalue weighted by molar-refractivity contribution is -0.145. The molecule has 1 rings (SSSR count). The maximum absolute atomic E-state index is 11.3. The van der Waals surface area contributed by atoms with Crippen LogP contribution >= 0.6 is 0 Å². The SMILES string of the molecule is CCOC(=O)C(N)c1ccnn1CC. The van der Waals surface area contributed by atoms with Gasteiger partial charge < -0.3 is 10.5 Å². The quantitative estimate of drug-likeness (QED) is 0.712. The van der Waals surface area contributed by atoms with Crippen molar-refractivity contribution in [3.05, 3.63) is 18.0 Å². The van der Waals surface area contributed by atoms with Gasteiger partial charge in [-0.2, -0.15) is 5.10 Å². The van der Waals surface area contributed by atoms with Crippen LogP contribution in [0.4, 0.5) is 0 Å². The molecule has 0 aliphatic carbocycles. The number of hydrogen-bond acceptors (Lipinski definition) is 4. The first-order valence-corrected chi connectivity index (χ1v) is 4.64. The van der Waals surface area contributed by atoms with Crippen LogP contribution in [-0.4, -0.2) is 22.4 Å². The molecule has 5 nitrogen and oxygen atoms in total. The Morgan fingerprint density at radius 2 is 2.43 bits per heavy atom. The summed E-state index contributed by atoms with van der Waals surface area (Å²) in [6.07, 6.45) is 1.62. The minimum atomic E-state index is -0.739. The van der Waals surface area contributed by atoms with Crippen LogP contribution in [0.5, 0.6) is 0 Å². The first-order valence-electron chi connectivity index (χ1n) is 4.64. The van der Waals surface area contributed by atoms with E-state index in [9.17, 15) is 4.79 Å². The van der Waals surface area contributed by atoms with Gasteiger partial charge in [0.1, 0.15) is 6.04 Å². The molecule has 1 aromatic rings. The Kier molecular flexibility index (Phi) is 3.64. The summed E-state index contributed by atoms with van der Waals surface area (Å²) in [6, 6.07) is 0.989. The molecule has 78 valence electrons. The van der Waals surface area contributed by atoms with E-state index in [0.717, 1.165) is 0 Å². The number of carbonyl (C=O) groups is 1. The van der Waals surface area contributed by atoms with Gasteiger partial charge in [0.25, 0.3) is 0 Å². The van der Waals surface area contributed by atoms with Crippen molar-refractivity contribution in [3.8, 4) is 0 Å². The van der Waals surface area contributed by atoms with E-state index in [1.54, 1.807) is 23.9 Å². The number of hydrogen-bond donors (Lipinski definition) is 1. The number of carbonyl (C=O) groups excluding carboxylic acids is 1. The highest BCUT2D eigenvalue weighted by Gasteiger charge is 2.20. The van der Waals surface area contributed by atoms with Gasteiger partial charge in [-0.15, -0.1) is 0 Å². The molecular weight excluding hydrogens is 182 g/mol. The summed E-state index contributed by atoms with van der Waals surface area (Å²) >= 11 is 0. The van der Waals surface area contributed by atoms with Crippen LogP contribution in [0.2, 0.25) is 0 Å². The fourth-order valence-corrected chi connectivity index (χ4v) is 1.22. The van der Waals surface area contributed by atoms with Crippen molar-refractivity contribution in [3.63, 3.8) is 0 Å². The monoisotopic (exact) mass is 197 g/mol. The van der Waals surface area contributed by atoms with E-state index in [2.05, 4.69) is 5.10 Å². The van der Waals surface area contributed by atoms with Gasteiger partial charge >= 0.3 is 5.97 Å². The van der Waals surface area contributed by atoms with E-state index in [-0.39, 0.29) is 0 Å². The third-order valence-electron chi connectivity index (χ3n) is 1.91. The van der Waals surface area contributed by atoms with Gasteiger partial charge in [-0.05, 0) is 19.9 Å². The molecule has 1 atom stereocenters. The second-order valence-corrected chi connectivity index (χ2v) is 2.80. The van der Waals surface area contributed by atoms with Gasteiger partial charge in [0.2, 0.25) is 0 Å². The Labute approximate surface area is 82.8 Å². The number of ether oxygens (including phenoxy) is 1. The maximum Gasteiger partial charge on any atom is 0.329 e. The Hall–Kier alpha value is -1.36. The Bertz CT molecular complexity index is 309. The fourth-order valence-electron chi connectivity index (χ4n) is 1.22. The first kappa shape index (κ1) is 10.7. The van der Waals surface area contributed by atoms with Crippen LogP contribution in [0.1, 0.15) is 25.6 Å². The van der Waals surface area contributed by atoms with Crippen molar-refractivity contribution in [1.82, 2.24) is 9.78 Å². The number of nitrogens with zero attached hydrogens (tertiary/aromatic N) is 2. The summed E-state index contributed by atoms with van der Waals surface area (Å²) in [7, 11) is 0. The zero-order valence-corrected chi connectivity index (χ0v) is 8.43. The second kappa shape index (κ2) is 4.76. The van der Waals surface area contributed by atoms with Gasteiger partial charge in [-0.25, -0.2) is 4.79 Å². The molecule has 1 aromatic heterocycles. The lowest BCUT2D eigenvalue weighted by Crippen LogP contribution is -2.26. The molecular formula is C9H15N3O2. The molecule has 0 fully saturated rings. The van der Waals surface area contributed by atoms with E-state index in [4.69, 9.17) is 10.5 Å². The van der Waals surface area contributed by atoms with Gasteiger partial charge in [0.05, 0.1) is 12.3 Å².